The zero-order chi connectivity index (χ0) is 15.7. The number of carbonyl (C=O) groups excluding carboxylic acids is 1. The third kappa shape index (κ3) is 2.80. The Morgan fingerprint density at radius 2 is 2.00 bits per heavy atom. The van der Waals surface area contributed by atoms with Gasteiger partial charge in [-0.05, 0) is 37.3 Å². The lowest BCUT2D eigenvalue weighted by Gasteiger charge is -2.09. The summed E-state index contributed by atoms with van der Waals surface area (Å²) in [5, 5.41) is 10.7. The van der Waals surface area contributed by atoms with Crippen molar-refractivity contribution in [2.75, 3.05) is 0 Å². The second-order valence-electron chi connectivity index (χ2n) is 4.83. The molecule has 0 aliphatic heterocycles. The number of aryl methyl sites for hydroxylation is 1. The highest BCUT2D eigenvalue weighted by molar-refractivity contribution is 9.10. The molecule has 22 heavy (non-hydrogen) atoms. The predicted molar refractivity (Wildman–Crippen MR) is 87.2 cm³/mol. The maximum absolute atomic E-state index is 12.2. The van der Waals surface area contributed by atoms with Gasteiger partial charge in [-0.15, -0.1) is 0 Å². The van der Waals surface area contributed by atoms with Crippen molar-refractivity contribution in [3.05, 3.63) is 64.3 Å². The van der Waals surface area contributed by atoms with Gasteiger partial charge in [0.05, 0.1) is 0 Å². The summed E-state index contributed by atoms with van der Waals surface area (Å²) in [4.78, 5) is 16.7. The van der Waals surface area contributed by atoms with Crippen molar-refractivity contribution >= 4 is 32.8 Å². The molecule has 0 spiro atoms. The minimum absolute atomic E-state index is 0.104. The molecule has 0 unspecified atom stereocenters. The number of pyridine rings is 1. The van der Waals surface area contributed by atoms with Crippen molar-refractivity contribution in [3.63, 3.8) is 0 Å². The van der Waals surface area contributed by atoms with Gasteiger partial charge in [0, 0.05) is 15.6 Å². The van der Waals surface area contributed by atoms with Crippen LogP contribution < -0.4 is 4.74 Å². The summed E-state index contributed by atoms with van der Waals surface area (Å²) in [5.41, 5.74) is 1.56. The molecule has 1 heterocycles. The van der Waals surface area contributed by atoms with E-state index >= 15 is 0 Å². The molecule has 0 amide bonds. The molecule has 4 nitrogen and oxygen atoms in total. The molecule has 1 N–H and O–H groups in total. The number of rotatable bonds is 2. The van der Waals surface area contributed by atoms with Gasteiger partial charge in [0.1, 0.15) is 16.8 Å². The van der Waals surface area contributed by atoms with Crippen molar-refractivity contribution in [1.29, 1.82) is 0 Å². The number of para-hydroxylation sites is 1. The Kier molecular flexibility index (Phi) is 3.81. The molecule has 0 atom stereocenters. The number of phenolic OH excluding ortho intramolecular Hbond substituents is 1. The minimum atomic E-state index is -0.624. The summed E-state index contributed by atoms with van der Waals surface area (Å²) in [6.07, 6.45) is 0. The van der Waals surface area contributed by atoms with Crippen LogP contribution in [0.15, 0.2) is 53.0 Å². The SMILES string of the molecule is Cc1ccc2cccc(OC(=O)c3ccc(Br)cc3O)c2n1. The Bertz CT molecular complexity index is 877. The van der Waals surface area contributed by atoms with Gasteiger partial charge in [0.15, 0.2) is 5.75 Å². The molecule has 5 heteroatoms. The maximum atomic E-state index is 12.2. The fourth-order valence-electron chi connectivity index (χ4n) is 2.13. The van der Waals surface area contributed by atoms with Crippen molar-refractivity contribution in [3.8, 4) is 11.5 Å². The summed E-state index contributed by atoms with van der Waals surface area (Å²) in [6, 6.07) is 13.8. The normalized spacial score (nSPS) is 10.6. The predicted octanol–water partition coefficient (Wildman–Crippen LogP) is 4.23. The van der Waals surface area contributed by atoms with Gasteiger partial charge >= 0.3 is 5.97 Å². The molecular weight excluding hydrogens is 346 g/mol. The Morgan fingerprint density at radius 3 is 2.77 bits per heavy atom. The van der Waals surface area contributed by atoms with E-state index in [1.807, 2.05) is 25.1 Å². The molecule has 0 aliphatic carbocycles. The van der Waals surface area contributed by atoms with Gasteiger partial charge in [-0.3, -0.25) is 0 Å². The fraction of sp³-hybridized carbons (Fsp3) is 0.0588. The Labute approximate surface area is 135 Å². The molecule has 110 valence electrons. The zero-order valence-electron chi connectivity index (χ0n) is 11.7. The molecule has 3 aromatic rings. The van der Waals surface area contributed by atoms with Gasteiger partial charge in [0.2, 0.25) is 0 Å². The van der Waals surface area contributed by atoms with E-state index in [0.717, 1.165) is 11.1 Å². The van der Waals surface area contributed by atoms with Crippen LogP contribution in [0.4, 0.5) is 0 Å². The topological polar surface area (TPSA) is 59.4 Å². The number of hydrogen-bond acceptors (Lipinski definition) is 4. The van der Waals surface area contributed by atoms with Gasteiger partial charge < -0.3 is 9.84 Å². The number of phenols is 1. The van der Waals surface area contributed by atoms with E-state index in [4.69, 9.17) is 4.74 Å². The second kappa shape index (κ2) is 5.77. The summed E-state index contributed by atoms with van der Waals surface area (Å²) < 4.78 is 6.10. The maximum Gasteiger partial charge on any atom is 0.347 e. The average molecular weight is 358 g/mol. The molecular formula is C17H12BrNO3. The van der Waals surface area contributed by atoms with Crippen LogP contribution in [0.1, 0.15) is 16.1 Å². The van der Waals surface area contributed by atoms with Crippen LogP contribution >= 0.6 is 15.9 Å². The summed E-state index contributed by atoms with van der Waals surface area (Å²) in [5.74, 6) is -0.391. The first-order valence-corrected chi connectivity index (χ1v) is 7.41. The van der Waals surface area contributed by atoms with E-state index in [-0.39, 0.29) is 11.3 Å². The van der Waals surface area contributed by atoms with E-state index in [0.29, 0.717) is 15.7 Å². The molecule has 0 bridgehead atoms. The number of aromatic nitrogens is 1. The lowest BCUT2D eigenvalue weighted by atomic mass is 10.2. The first kappa shape index (κ1) is 14.5. The molecule has 3 rings (SSSR count). The lowest BCUT2D eigenvalue weighted by molar-refractivity contribution is 0.0733. The van der Waals surface area contributed by atoms with Crippen LogP contribution in [0, 0.1) is 6.92 Å². The number of hydrogen-bond donors (Lipinski definition) is 1. The van der Waals surface area contributed by atoms with Gasteiger partial charge in [-0.25, -0.2) is 9.78 Å². The Balaban J connectivity index is 1.99. The number of fused-ring (bicyclic) bond motifs is 1. The monoisotopic (exact) mass is 357 g/mol. The smallest absolute Gasteiger partial charge is 0.347 e. The standard InChI is InChI=1S/C17H12BrNO3/c1-10-5-6-11-3-2-4-15(16(11)19-10)22-17(21)13-8-7-12(18)9-14(13)20/h2-9,20H,1H3. The quantitative estimate of drug-likeness (QED) is 0.550. The van der Waals surface area contributed by atoms with E-state index in [1.54, 1.807) is 18.2 Å². The third-order valence-corrected chi connectivity index (χ3v) is 3.70. The second-order valence-corrected chi connectivity index (χ2v) is 5.75. The molecule has 0 saturated carbocycles. The van der Waals surface area contributed by atoms with Crippen LogP contribution in [0.5, 0.6) is 11.5 Å². The van der Waals surface area contributed by atoms with Gasteiger partial charge in [-0.1, -0.05) is 34.1 Å². The van der Waals surface area contributed by atoms with E-state index in [9.17, 15) is 9.90 Å². The highest BCUT2D eigenvalue weighted by Crippen LogP contribution is 2.27. The van der Waals surface area contributed by atoms with Crippen LogP contribution in [-0.4, -0.2) is 16.1 Å². The third-order valence-electron chi connectivity index (χ3n) is 3.20. The summed E-state index contributed by atoms with van der Waals surface area (Å²) >= 11 is 3.23. The highest BCUT2D eigenvalue weighted by atomic mass is 79.9. The number of esters is 1. The van der Waals surface area contributed by atoms with Crippen molar-refractivity contribution in [2.45, 2.75) is 6.92 Å². The minimum Gasteiger partial charge on any atom is -0.507 e. The van der Waals surface area contributed by atoms with Crippen molar-refractivity contribution in [2.24, 2.45) is 0 Å². The molecule has 2 aromatic carbocycles. The number of ether oxygens (including phenoxy) is 1. The molecule has 0 fully saturated rings. The Hall–Kier alpha value is -2.40. The summed E-state index contributed by atoms with van der Waals surface area (Å²) in [7, 11) is 0. The molecule has 0 aliphatic rings. The molecule has 0 saturated heterocycles. The number of nitrogens with zero attached hydrogens (tertiary/aromatic N) is 1. The van der Waals surface area contributed by atoms with Crippen LogP contribution in [0.3, 0.4) is 0 Å². The van der Waals surface area contributed by atoms with Gasteiger partial charge in [0.25, 0.3) is 0 Å². The first-order valence-electron chi connectivity index (χ1n) is 6.61. The molecule has 0 radical (unpaired) electrons. The largest absolute Gasteiger partial charge is 0.507 e. The van der Waals surface area contributed by atoms with Gasteiger partial charge in [-0.2, -0.15) is 0 Å². The van der Waals surface area contributed by atoms with E-state index < -0.39 is 5.97 Å². The van der Waals surface area contributed by atoms with Crippen LogP contribution in [-0.2, 0) is 0 Å². The first-order chi connectivity index (χ1) is 10.5. The van der Waals surface area contributed by atoms with Crippen LogP contribution in [0.2, 0.25) is 0 Å². The number of aromatic hydroxyl groups is 1. The highest BCUT2D eigenvalue weighted by Gasteiger charge is 2.15. The fourth-order valence-corrected chi connectivity index (χ4v) is 2.48. The number of halogens is 1. The number of benzene rings is 2. The van der Waals surface area contributed by atoms with Crippen molar-refractivity contribution < 1.29 is 14.6 Å². The number of carbonyl (C=O) groups is 1. The average Bonchev–Trinajstić information content (AvgIpc) is 2.47. The van der Waals surface area contributed by atoms with E-state index in [1.165, 1.54) is 12.1 Å². The lowest BCUT2D eigenvalue weighted by Crippen LogP contribution is -2.09. The van der Waals surface area contributed by atoms with E-state index in [2.05, 4.69) is 20.9 Å². The van der Waals surface area contributed by atoms with Crippen LogP contribution in [0.25, 0.3) is 10.9 Å². The Morgan fingerprint density at radius 1 is 1.18 bits per heavy atom. The summed E-state index contributed by atoms with van der Waals surface area (Å²) in [6.45, 7) is 1.87. The zero-order valence-corrected chi connectivity index (χ0v) is 13.3. The molecule has 1 aromatic heterocycles. The van der Waals surface area contributed by atoms with Crippen molar-refractivity contribution in [1.82, 2.24) is 4.98 Å².